The molecule has 1 atom stereocenters. The number of benzene rings is 3. The molecule has 39 heavy (non-hydrogen) atoms. The topological polar surface area (TPSA) is 59.4 Å². The van der Waals surface area contributed by atoms with Crippen molar-refractivity contribution in [3.8, 4) is 17.2 Å². The Labute approximate surface area is 241 Å². The normalized spacial score (nSPS) is 18.5. The number of hydrogen-bond acceptors (Lipinski definition) is 4. The van der Waals surface area contributed by atoms with Crippen molar-refractivity contribution in [2.75, 3.05) is 31.5 Å². The number of anilines is 1. The quantitative estimate of drug-likeness (QED) is 0.346. The Bertz CT molecular complexity index is 1370. The summed E-state index contributed by atoms with van der Waals surface area (Å²) >= 11 is 12.3. The number of carbonyl (C=O) groups is 1. The van der Waals surface area contributed by atoms with Crippen molar-refractivity contribution >= 4 is 34.8 Å². The number of fused-ring (bicyclic) bond motifs is 1. The second-order valence-corrected chi connectivity index (χ2v) is 11.8. The van der Waals surface area contributed by atoms with Gasteiger partial charge in [-0.05, 0) is 105 Å². The number of carbonyl (C=O) groups excluding carboxylic acids is 1. The SMILES string of the molecule is CC(C)N1CCC(C2c3ccc(-c4cccc(C#N)c4)cc3CCN2CC(=O)Nc2cc(Cl)cc(Cl)c2)CC1. The standard InChI is InChI=1S/C32H34Cl2N4O/c1-21(2)37-11-8-23(9-12-37)32-30-7-6-25(24-5-3-4-22(14-24)19-35)15-26(30)10-13-38(32)20-31(39)36-29-17-27(33)16-28(34)18-29/h3-7,14-18,21,23,32H,8-13,20H2,1-2H3,(H,36,39). The Morgan fingerprint density at radius 2 is 1.72 bits per heavy atom. The van der Waals surface area contributed by atoms with Crippen molar-refractivity contribution in [2.24, 2.45) is 5.92 Å². The van der Waals surface area contributed by atoms with Crippen LogP contribution in [0.1, 0.15) is 49.4 Å². The van der Waals surface area contributed by atoms with Crippen molar-refractivity contribution in [1.29, 1.82) is 5.26 Å². The van der Waals surface area contributed by atoms with E-state index in [0.717, 1.165) is 50.0 Å². The third kappa shape index (κ3) is 6.48. The van der Waals surface area contributed by atoms with Gasteiger partial charge in [-0.25, -0.2) is 0 Å². The summed E-state index contributed by atoms with van der Waals surface area (Å²) < 4.78 is 0. The number of nitrogens with one attached hydrogen (secondary N) is 1. The monoisotopic (exact) mass is 560 g/mol. The van der Waals surface area contributed by atoms with Crippen LogP contribution in [0, 0.1) is 17.2 Å². The summed E-state index contributed by atoms with van der Waals surface area (Å²) in [4.78, 5) is 18.1. The van der Waals surface area contributed by atoms with Gasteiger partial charge in [-0.15, -0.1) is 0 Å². The molecule has 2 aliphatic heterocycles. The first-order valence-corrected chi connectivity index (χ1v) is 14.4. The number of amides is 1. The average molecular weight is 562 g/mol. The third-order valence-corrected chi connectivity index (χ3v) is 8.53. The molecule has 202 valence electrons. The fourth-order valence-electron chi connectivity index (χ4n) is 6.15. The van der Waals surface area contributed by atoms with E-state index < -0.39 is 0 Å². The van der Waals surface area contributed by atoms with Crippen molar-refractivity contribution in [2.45, 2.75) is 45.2 Å². The van der Waals surface area contributed by atoms with Crippen LogP contribution in [0.15, 0.2) is 60.7 Å². The third-order valence-electron chi connectivity index (χ3n) is 8.09. The number of nitrogens with zero attached hydrogens (tertiary/aromatic N) is 3. The second-order valence-electron chi connectivity index (χ2n) is 10.9. The zero-order chi connectivity index (χ0) is 27.5. The van der Waals surface area contributed by atoms with Crippen molar-refractivity contribution in [3.63, 3.8) is 0 Å². The number of nitriles is 1. The Kier molecular flexibility index (Phi) is 8.59. The van der Waals surface area contributed by atoms with E-state index in [1.54, 1.807) is 18.2 Å². The molecule has 1 saturated heterocycles. The van der Waals surface area contributed by atoms with Gasteiger partial charge >= 0.3 is 0 Å². The fourth-order valence-corrected chi connectivity index (χ4v) is 6.68. The van der Waals surface area contributed by atoms with E-state index >= 15 is 0 Å². The van der Waals surface area contributed by atoms with Gasteiger partial charge in [0, 0.05) is 34.4 Å². The van der Waals surface area contributed by atoms with Crippen molar-refractivity contribution < 1.29 is 4.79 Å². The first-order valence-electron chi connectivity index (χ1n) is 13.7. The summed E-state index contributed by atoms with van der Waals surface area (Å²) in [6.07, 6.45) is 3.09. The largest absolute Gasteiger partial charge is 0.325 e. The molecule has 0 spiro atoms. The van der Waals surface area contributed by atoms with Crippen molar-refractivity contribution in [3.05, 3.63) is 87.4 Å². The highest BCUT2D eigenvalue weighted by atomic mass is 35.5. The molecule has 3 aromatic rings. The van der Waals surface area contributed by atoms with Crippen LogP contribution in [0.5, 0.6) is 0 Å². The van der Waals surface area contributed by atoms with Gasteiger partial charge in [0.15, 0.2) is 0 Å². The minimum absolute atomic E-state index is 0.0636. The maximum atomic E-state index is 13.2. The van der Waals surface area contributed by atoms with Gasteiger partial charge < -0.3 is 10.2 Å². The Balaban J connectivity index is 1.41. The lowest BCUT2D eigenvalue weighted by Crippen LogP contribution is -2.47. The summed E-state index contributed by atoms with van der Waals surface area (Å²) in [5, 5.41) is 13.3. The zero-order valence-electron chi connectivity index (χ0n) is 22.5. The minimum atomic E-state index is -0.0636. The first-order chi connectivity index (χ1) is 18.8. The van der Waals surface area contributed by atoms with Crippen LogP contribution in [0.4, 0.5) is 5.69 Å². The van der Waals surface area contributed by atoms with E-state index in [9.17, 15) is 10.1 Å². The van der Waals surface area contributed by atoms with E-state index in [1.807, 2.05) is 18.2 Å². The Hall–Kier alpha value is -2.88. The molecule has 5 rings (SSSR count). The van der Waals surface area contributed by atoms with Gasteiger partial charge in [0.2, 0.25) is 5.91 Å². The van der Waals surface area contributed by atoms with Crippen LogP contribution in [-0.4, -0.2) is 47.9 Å². The fraction of sp³-hybridized carbons (Fsp3) is 0.375. The molecule has 1 amide bonds. The van der Waals surface area contributed by atoms with E-state index in [2.05, 4.69) is 59.3 Å². The maximum Gasteiger partial charge on any atom is 0.238 e. The highest BCUT2D eigenvalue weighted by molar-refractivity contribution is 6.35. The summed E-state index contributed by atoms with van der Waals surface area (Å²) in [7, 11) is 0. The van der Waals surface area contributed by atoms with E-state index in [-0.39, 0.29) is 11.9 Å². The molecule has 0 aromatic heterocycles. The summed E-state index contributed by atoms with van der Waals surface area (Å²) in [6, 6.07) is 22.6. The predicted molar refractivity (Wildman–Crippen MR) is 159 cm³/mol. The molecule has 7 heteroatoms. The Morgan fingerprint density at radius 1 is 1.00 bits per heavy atom. The molecule has 1 unspecified atom stereocenters. The van der Waals surface area contributed by atoms with E-state index in [1.165, 1.54) is 11.1 Å². The van der Waals surface area contributed by atoms with Gasteiger partial charge in [-0.1, -0.05) is 53.5 Å². The van der Waals surface area contributed by atoms with Gasteiger partial charge in [-0.3, -0.25) is 9.69 Å². The number of piperidine rings is 1. The lowest BCUT2D eigenvalue weighted by Gasteiger charge is -2.45. The van der Waals surface area contributed by atoms with Gasteiger partial charge in [0.25, 0.3) is 0 Å². The lowest BCUT2D eigenvalue weighted by atomic mass is 9.79. The zero-order valence-corrected chi connectivity index (χ0v) is 24.0. The van der Waals surface area contributed by atoms with E-state index in [0.29, 0.717) is 39.8 Å². The molecule has 0 radical (unpaired) electrons. The van der Waals surface area contributed by atoms with Crippen LogP contribution < -0.4 is 5.32 Å². The Morgan fingerprint density at radius 3 is 2.41 bits per heavy atom. The number of likely N-dealkylation sites (tertiary alicyclic amines) is 1. The van der Waals surface area contributed by atoms with E-state index in [4.69, 9.17) is 23.2 Å². The highest BCUT2D eigenvalue weighted by Crippen LogP contribution is 2.41. The van der Waals surface area contributed by atoms with Gasteiger partial charge in [0.05, 0.1) is 18.2 Å². The number of hydrogen-bond donors (Lipinski definition) is 1. The predicted octanol–water partition coefficient (Wildman–Crippen LogP) is 7.19. The average Bonchev–Trinajstić information content (AvgIpc) is 2.92. The first kappa shape index (κ1) is 27.7. The highest BCUT2D eigenvalue weighted by Gasteiger charge is 2.36. The molecule has 0 bridgehead atoms. The summed E-state index contributed by atoms with van der Waals surface area (Å²) in [5.41, 5.74) is 6.12. The van der Waals surface area contributed by atoms with Gasteiger partial charge in [0.1, 0.15) is 0 Å². The molecular formula is C32H34Cl2N4O. The molecule has 0 aliphatic carbocycles. The molecule has 3 aromatic carbocycles. The molecule has 2 aliphatic rings. The smallest absolute Gasteiger partial charge is 0.238 e. The molecule has 1 N–H and O–H groups in total. The summed E-state index contributed by atoms with van der Waals surface area (Å²) in [6.45, 7) is 7.80. The molecular weight excluding hydrogens is 527 g/mol. The minimum Gasteiger partial charge on any atom is -0.325 e. The van der Waals surface area contributed by atoms with Gasteiger partial charge in [-0.2, -0.15) is 5.26 Å². The number of halogens is 2. The van der Waals surface area contributed by atoms with Crippen LogP contribution in [0.3, 0.4) is 0 Å². The van der Waals surface area contributed by atoms with Crippen LogP contribution in [0.2, 0.25) is 10.0 Å². The van der Waals surface area contributed by atoms with Crippen LogP contribution in [-0.2, 0) is 11.2 Å². The lowest BCUT2D eigenvalue weighted by molar-refractivity contribution is -0.118. The summed E-state index contributed by atoms with van der Waals surface area (Å²) in [5.74, 6) is 0.409. The molecule has 0 saturated carbocycles. The molecule has 1 fully saturated rings. The number of rotatable bonds is 6. The molecule has 5 nitrogen and oxygen atoms in total. The molecule has 2 heterocycles. The maximum absolute atomic E-state index is 13.2. The van der Waals surface area contributed by atoms with Crippen LogP contribution in [0.25, 0.3) is 11.1 Å². The second kappa shape index (κ2) is 12.1. The van der Waals surface area contributed by atoms with Crippen molar-refractivity contribution in [1.82, 2.24) is 9.80 Å². The van der Waals surface area contributed by atoms with Crippen LogP contribution >= 0.6 is 23.2 Å².